The number of likely N-dealkylation sites (tertiary alicyclic amines) is 1. The van der Waals surface area contributed by atoms with Crippen molar-refractivity contribution in [2.24, 2.45) is 0 Å². The number of likely N-dealkylation sites (N-methyl/N-ethyl adjacent to an activating group) is 1. The molecule has 21 heavy (non-hydrogen) atoms. The van der Waals surface area contributed by atoms with Gasteiger partial charge < -0.3 is 14.9 Å². The van der Waals surface area contributed by atoms with Crippen LogP contribution >= 0.6 is 11.6 Å². The van der Waals surface area contributed by atoms with Crippen molar-refractivity contribution >= 4 is 17.5 Å². The lowest BCUT2D eigenvalue weighted by Crippen LogP contribution is -2.41. The van der Waals surface area contributed by atoms with E-state index < -0.39 is 23.6 Å². The van der Waals surface area contributed by atoms with Gasteiger partial charge in [0.2, 0.25) is 0 Å². The highest BCUT2D eigenvalue weighted by Gasteiger charge is 2.36. The fourth-order valence-corrected chi connectivity index (χ4v) is 2.73. The predicted octanol–water partition coefficient (Wildman–Crippen LogP) is 1.76. The summed E-state index contributed by atoms with van der Waals surface area (Å²) in [5.74, 6) is -2.34. The maximum absolute atomic E-state index is 13.8. The van der Waals surface area contributed by atoms with Gasteiger partial charge in [0.05, 0.1) is 16.7 Å². The summed E-state index contributed by atoms with van der Waals surface area (Å²) in [5.41, 5.74) is -0.366. The van der Waals surface area contributed by atoms with Crippen LogP contribution < -0.4 is 0 Å². The summed E-state index contributed by atoms with van der Waals surface area (Å²) in [5, 5.41) is 9.38. The van der Waals surface area contributed by atoms with Crippen molar-refractivity contribution < 1.29 is 18.7 Å². The number of carbonyl (C=O) groups excluding carboxylic acids is 1. The van der Waals surface area contributed by atoms with E-state index in [0.29, 0.717) is 13.0 Å². The summed E-state index contributed by atoms with van der Waals surface area (Å²) < 4.78 is 27.3. The highest BCUT2D eigenvalue weighted by Crippen LogP contribution is 2.25. The topological polar surface area (TPSA) is 43.8 Å². The molecule has 4 nitrogen and oxygen atoms in total. The van der Waals surface area contributed by atoms with Gasteiger partial charge in [-0.15, -0.1) is 0 Å². The number of amides is 1. The molecule has 1 aromatic rings. The van der Waals surface area contributed by atoms with Crippen molar-refractivity contribution in [3.8, 4) is 0 Å². The normalized spacial score (nSPS) is 22.1. The maximum atomic E-state index is 13.8. The van der Waals surface area contributed by atoms with Crippen LogP contribution in [0, 0.1) is 11.6 Å². The van der Waals surface area contributed by atoms with Gasteiger partial charge in [0, 0.05) is 19.1 Å². The van der Waals surface area contributed by atoms with Crippen LogP contribution in [0.5, 0.6) is 0 Å². The van der Waals surface area contributed by atoms with Crippen LogP contribution in [0.1, 0.15) is 16.8 Å². The monoisotopic (exact) mass is 318 g/mol. The van der Waals surface area contributed by atoms with Gasteiger partial charge in [-0.2, -0.15) is 0 Å². The third-order valence-electron chi connectivity index (χ3n) is 3.47. The van der Waals surface area contributed by atoms with Gasteiger partial charge >= 0.3 is 0 Å². The minimum atomic E-state index is -0.864. The second kappa shape index (κ2) is 6.25. The number of aliphatic hydroxyl groups excluding tert-OH is 1. The van der Waals surface area contributed by atoms with Crippen LogP contribution in [0.4, 0.5) is 8.78 Å². The molecule has 7 heteroatoms. The zero-order valence-electron chi connectivity index (χ0n) is 11.8. The summed E-state index contributed by atoms with van der Waals surface area (Å²) >= 11 is 5.48. The Morgan fingerprint density at radius 1 is 1.43 bits per heavy atom. The number of nitrogens with zero attached hydrogens (tertiary/aromatic N) is 2. The number of hydrogen-bond acceptors (Lipinski definition) is 3. The van der Waals surface area contributed by atoms with Crippen molar-refractivity contribution in [1.29, 1.82) is 0 Å². The zero-order valence-corrected chi connectivity index (χ0v) is 12.6. The summed E-state index contributed by atoms with van der Waals surface area (Å²) in [6, 6.07) is 1.36. The minimum absolute atomic E-state index is 0.112. The molecule has 0 spiro atoms. The SMILES string of the molecule is CN(C)CC1CC(O)CN1C(=O)c1cc(F)c(Cl)cc1F. The Morgan fingerprint density at radius 3 is 2.71 bits per heavy atom. The number of rotatable bonds is 3. The lowest BCUT2D eigenvalue weighted by molar-refractivity contribution is 0.0694. The quantitative estimate of drug-likeness (QED) is 0.864. The van der Waals surface area contributed by atoms with Crippen LogP contribution in [-0.4, -0.2) is 60.1 Å². The van der Waals surface area contributed by atoms with Gasteiger partial charge in [0.25, 0.3) is 5.91 Å². The molecule has 1 aromatic carbocycles. The molecule has 0 aliphatic carbocycles. The molecule has 1 heterocycles. The van der Waals surface area contributed by atoms with Crippen LogP contribution in [0.15, 0.2) is 12.1 Å². The summed E-state index contributed by atoms with van der Waals surface area (Å²) in [4.78, 5) is 15.7. The average molecular weight is 319 g/mol. The van der Waals surface area contributed by atoms with Gasteiger partial charge in [-0.25, -0.2) is 8.78 Å². The lowest BCUT2D eigenvalue weighted by atomic mass is 10.1. The lowest BCUT2D eigenvalue weighted by Gasteiger charge is -2.27. The Labute approximate surface area is 126 Å². The van der Waals surface area contributed by atoms with Crippen molar-refractivity contribution in [3.05, 3.63) is 34.4 Å². The minimum Gasteiger partial charge on any atom is -0.391 e. The van der Waals surface area contributed by atoms with Crippen molar-refractivity contribution in [3.63, 3.8) is 0 Å². The third kappa shape index (κ3) is 3.51. The van der Waals surface area contributed by atoms with E-state index in [0.717, 1.165) is 12.1 Å². The fraction of sp³-hybridized carbons (Fsp3) is 0.500. The number of β-amino-alcohol motifs (C(OH)–C–C–N with tert-alkyl or cyclic N) is 1. The van der Waals surface area contributed by atoms with Gasteiger partial charge in [-0.1, -0.05) is 11.6 Å². The molecule has 2 atom stereocenters. The van der Waals surface area contributed by atoms with Crippen molar-refractivity contribution in [2.45, 2.75) is 18.6 Å². The Kier molecular flexibility index (Phi) is 4.81. The molecule has 1 aliphatic heterocycles. The molecule has 1 saturated heterocycles. The first kappa shape index (κ1) is 16.1. The molecule has 1 aliphatic rings. The molecule has 0 radical (unpaired) electrons. The van der Waals surface area contributed by atoms with E-state index in [2.05, 4.69) is 0 Å². The zero-order chi connectivity index (χ0) is 15.7. The first-order chi connectivity index (χ1) is 9.79. The number of benzene rings is 1. The van der Waals surface area contributed by atoms with E-state index in [1.165, 1.54) is 4.90 Å². The Bertz CT molecular complexity index is 554. The highest BCUT2D eigenvalue weighted by molar-refractivity contribution is 6.30. The molecule has 2 unspecified atom stereocenters. The standard InChI is InChI=1S/C14H17ClF2N2O2/c1-18(2)6-8-3-9(20)7-19(8)14(21)10-4-13(17)11(15)5-12(10)16/h4-5,8-9,20H,3,6-7H2,1-2H3. The summed E-state index contributed by atoms with van der Waals surface area (Å²) in [7, 11) is 3.69. The first-order valence-corrected chi connectivity index (χ1v) is 6.95. The average Bonchev–Trinajstić information content (AvgIpc) is 2.73. The molecule has 0 bridgehead atoms. The van der Waals surface area contributed by atoms with Gasteiger partial charge in [0.1, 0.15) is 11.6 Å². The van der Waals surface area contributed by atoms with Crippen molar-refractivity contribution in [2.75, 3.05) is 27.2 Å². The number of carbonyl (C=O) groups is 1. The molecule has 0 aromatic heterocycles. The molecule has 0 saturated carbocycles. The van der Waals surface area contributed by atoms with E-state index in [-0.39, 0.29) is 23.2 Å². The van der Waals surface area contributed by atoms with Gasteiger partial charge in [-0.05, 0) is 32.6 Å². The Hall–Kier alpha value is -1.24. The molecule has 116 valence electrons. The fourth-order valence-electron chi connectivity index (χ4n) is 2.58. The first-order valence-electron chi connectivity index (χ1n) is 6.58. The van der Waals surface area contributed by atoms with E-state index in [1.54, 1.807) is 0 Å². The van der Waals surface area contributed by atoms with Gasteiger partial charge in [0.15, 0.2) is 0 Å². The second-order valence-electron chi connectivity index (χ2n) is 5.51. The molecular formula is C14H17ClF2N2O2. The third-order valence-corrected chi connectivity index (χ3v) is 3.76. The molecule has 1 N–H and O–H groups in total. The van der Waals surface area contributed by atoms with E-state index in [4.69, 9.17) is 11.6 Å². The highest BCUT2D eigenvalue weighted by atomic mass is 35.5. The Balaban J connectivity index is 2.28. The number of halogens is 3. The smallest absolute Gasteiger partial charge is 0.257 e. The largest absolute Gasteiger partial charge is 0.391 e. The Morgan fingerprint density at radius 2 is 2.10 bits per heavy atom. The molecular weight excluding hydrogens is 302 g/mol. The molecule has 1 amide bonds. The number of aliphatic hydroxyl groups is 1. The van der Waals surface area contributed by atoms with Crippen LogP contribution in [0.2, 0.25) is 5.02 Å². The molecule has 2 rings (SSSR count). The van der Waals surface area contributed by atoms with E-state index in [1.807, 2.05) is 19.0 Å². The van der Waals surface area contributed by atoms with Crippen LogP contribution in [0.25, 0.3) is 0 Å². The summed E-state index contributed by atoms with van der Waals surface area (Å²) in [6.07, 6.45) is -0.235. The van der Waals surface area contributed by atoms with Crippen molar-refractivity contribution in [1.82, 2.24) is 9.80 Å². The predicted molar refractivity (Wildman–Crippen MR) is 75.4 cm³/mol. The number of hydrogen-bond donors (Lipinski definition) is 1. The summed E-state index contributed by atoms with van der Waals surface area (Å²) in [6.45, 7) is 0.654. The molecule has 1 fully saturated rings. The van der Waals surface area contributed by atoms with Crippen LogP contribution in [0.3, 0.4) is 0 Å². The maximum Gasteiger partial charge on any atom is 0.257 e. The van der Waals surface area contributed by atoms with E-state index in [9.17, 15) is 18.7 Å². The van der Waals surface area contributed by atoms with Gasteiger partial charge in [-0.3, -0.25) is 4.79 Å². The second-order valence-corrected chi connectivity index (χ2v) is 5.92. The van der Waals surface area contributed by atoms with Crippen LogP contribution in [-0.2, 0) is 0 Å². The van der Waals surface area contributed by atoms with E-state index >= 15 is 0 Å².